The van der Waals surface area contributed by atoms with Crippen LogP contribution in [0.15, 0.2) is 35.3 Å². The van der Waals surface area contributed by atoms with E-state index in [4.69, 9.17) is 23.2 Å². The number of hydroxylamine groups is 2. The minimum absolute atomic E-state index is 0.117. The van der Waals surface area contributed by atoms with Gasteiger partial charge < -0.3 is 19.6 Å². The van der Waals surface area contributed by atoms with Gasteiger partial charge in [-0.25, -0.2) is 9.18 Å². The van der Waals surface area contributed by atoms with Gasteiger partial charge in [-0.05, 0) is 23.8 Å². The number of fused-ring (bicyclic) bond motifs is 1. The molecule has 4 heterocycles. The Hall–Kier alpha value is -3.62. The molecule has 218 valence electrons. The van der Waals surface area contributed by atoms with Crippen molar-refractivity contribution in [2.75, 3.05) is 39.3 Å². The van der Waals surface area contributed by atoms with Gasteiger partial charge in [0.05, 0.1) is 16.5 Å². The van der Waals surface area contributed by atoms with E-state index >= 15 is 0 Å². The number of hydrogen-bond donors (Lipinski definition) is 1. The molecule has 10 nitrogen and oxygen atoms in total. The average molecular weight is 618 g/mol. The van der Waals surface area contributed by atoms with Crippen LogP contribution in [-0.4, -0.2) is 87.5 Å². The van der Waals surface area contributed by atoms with Gasteiger partial charge in [0, 0.05) is 57.6 Å². The fraction of sp³-hybridized carbons (Fsp3) is 0.360. The number of nitrogens with zero attached hydrogens (tertiary/aromatic N) is 4. The molecule has 2 saturated heterocycles. The smallest absolute Gasteiger partial charge is 0.361 e. The summed E-state index contributed by atoms with van der Waals surface area (Å²) in [7, 11) is 0. The average Bonchev–Trinajstić information content (AvgIpc) is 3.22. The van der Waals surface area contributed by atoms with Crippen molar-refractivity contribution in [3.63, 3.8) is 0 Å². The largest absolute Gasteiger partial charge is 0.492 e. The highest BCUT2D eigenvalue weighted by Crippen LogP contribution is 2.27. The van der Waals surface area contributed by atoms with Crippen molar-refractivity contribution >= 4 is 46.5 Å². The Morgan fingerprint density at radius 1 is 1.02 bits per heavy atom. The molecule has 41 heavy (non-hydrogen) atoms. The van der Waals surface area contributed by atoms with Gasteiger partial charge in [-0.3, -0.25) is 18.8 Å². The summed E-state index contributed by atoms with van der Waals surface area (Å²) < 4.78 is 53.2. The molecule has 0 atom stereocenters. The summed E-state index contributed by atoms with van der Waals surface area (Å²) in [6, 6.07) is 5.52. The predicted molar refractivity (Wildman–Crippen MR) is 137 cm³/mol. The van der Waals surface area contributed by atoms with Gasteiger partial charge in [0.2, 0.25) is 5.91 Å². The van der Waals surface area contributed by atoms with E-state index in [9.17, 15) is 36.7 Å². The minimum atomic E-state index is -5.13. The number of H-pyrrole nitrogens is 1. The van der Waals surface area contributed by atoms with Crippen LogP contribution in [0.1, 0.15) is 21.6 Å². The van der Waals surface area contributed by atoms with Crippen molar-refractivity contribution in [1.82, 2.24) is 24.2 Å². The first kappa shape index (κ1) is 28.9. The summed E-state index contributed by atoms with van der Waals surface area (Å²) in [5.41, 5.74) is 0.797. The van der Waals surface area contributed by atoms with Crippen LogP contribution in [-0.2, 0) is 20.8 Å². The molecule has 0 bridgehead atoms. The number of aromatic nitrogens is 2. The van der Waals surface area contributed by atoms with Crippen molar-refractivity contribution in [2.24, 2.45) is 5.92 Å². The van der Waals surface area contributed by atoms with E-state index in [1.54, 1.807) is 0 Å². The normalized spacial score (nSPS) is 16.6. The fourth-order valence-corrected chi connectivity index (χ4v) is 5.22. The first-order valence-electron chi connectivity index (χ1n) is 12.3. The van der Waals surface area contributed by atoms with Crippen molar-refractivity contribution in [3.8, 4) is 0 Å². The molecule has 2 amide bonds. The van der Waals surface area contributed by atoms with E-state index in [-0.39, 0.29) is 72.9 Å². The third kappa shape index (κ3) is 5.76. The molecular weight excluding hydrogens is 597 g/mol. The van der Waals surface area contributed by atoms with Gasteiger partial charge in [-0.1, -0.05) is 29.3 Å². The van der Waals surface area contributed by atoms with Crippen LogP contribution in [0.2, 0.25) is 10.2 Å². The third-order valence-corrected chi connectivity index (χ3v) is 7.71. The summed E-state index contributed by atoms with van der Waals surface area (Å²) in [6.45, 7) is 0.192. The molecule has 0 unspecified atom stereocenters. The Morgan fingerprint density at radius 2 is 1.68 bits per heavy atom. The van der Waals surface area contributed by atoms with Crippen LogP contribution >= 0.6 is 23.2 Å². The van der Waals surface area contributed by atoms with Gasteiger partial charge in [0.1, 0.15) is 16.5 Å². The monoisotopic (exact) mass is 617 g/mol. The van der Waals surface area contributed by atoms with E-state index in [1.165, 1.54) is 44.7 Å². The molecule has 2 aromatic heterocycles. The number of rotatable bonds is 5. The Balaban J connectivity index is 1.20. The number of halogens is 6. The fourth-order valence-electron chi connectivity index (χ4n) is 4.77. The van der Waals surface area contributed by atoms with E-state index in [0.717, 1.165) is 5.06 Å². The molecule has 2 fully saturated rings. The molecule has 3 aromatic rings. The summed E-state index contributed by atoms with van der Waals surface area (Å²) in [5.74, 6) is -4.62. The lowest BCUT2D eigenvalue weighted by molar-refractivity contribution is -0.258. The van der Waals surface area contributed by atoms with Crippen LogP contribution in [0.4, 0.5) is 17.6 Å². The number of aromatic amines is 1. The standard InChI is InChI=1S/C25H21Cl2F4N5O5/c26-17-9-19-21(37)32-10-15(36(19)20(17)27)7-13-1-2-18(28)16(8-13)23(39)34-5-3-33(4-6-34)22(38)14-11-35(12-14)41-24(40)25(29,30)31/h1-2,8-10,14H,3-7,11-12H2,(H,32,37). The molecule has 0 saturated carbocycles. The van der Waals surface area contributed by atoms with Gasteiger partial charge in [0.15, 0.2) is 0 Å². The highest BCUT2D eigenvalue weighted by atomic mass is 35.5. The van der Waals surface area contributed by atoms with Crippen molar-refractivity contribution < 1.29 is 36.8 Å². The first-order valence-corrected chi connectivity index (χ1v) is 13.1. The van der Waals surface area contributed by atoms with E-state index in [1.807, 2.05) is 0 Å². The maximum Gasteiger partial charge on any atom is 0.492 e. The number of alkyl halides is 3. The molecule has 16 heteroatoms. The second-order valence-corrected chi connectivity index (χ2v) is 10.4. The van der Waals surface area contributed by atoms with Gasteiger partial charge in [-0.2, -0.15) is 13.2 Å². The lowest BCUT2D eigenvalue weighted by Gasteiger charge is -2.41. The summed E-state index contributed by atoms with van der Waals surface area (Å²) in [6.07, 6.45) is -3.48. The van der Waals surface area contributed by atoms with Gasteiger partial charge in [-0.15, -0.1) is 5.06 Å². The second-order valence-electron chi connectivity index (χ2n) is 9.64. The van der Waals surface area contributed by atoms with E-state index < -0.39 is 35.3 Å². The number of benzene rings is 1. The third-order valence-electron chi connectivity index (χ3n) is 6.95. The topological polar surface area (TPSA) is 107 Å². The number of piperazine rings is 1. The molecule has 0 aliphatic carbocycles. The maximum atomic E-state index is 14.7. The molecule has 0 spiro atoms. The van der Waals surface area contributed by atoms with Crippen LogP contribution in [0.5, 0.6) is 0 Å². The lowest BCUT2D eigenvalue weighted by Crippen LogP contribution is -2.59. The zero-order chi connectivity index (χ0) is 29.6. The second kappa shape index (κ2) is 11.0. The Kier molecular flexibility index (Phi) is 7.74. The van der Waals surface area contributed by atoms with Crippen LogP contribution < -0.4 is 5.56 Å². The quantitative estimate of drug-likeness (QED) is 0.441. The Morgan fingerprint density at radius 3 is 2.34 bits per heavy atom. The molecule has 5 rings (SSSR count). The van der Waals surface area contributed by atoms with Gasteiger partial charge >= 0.3 is 12.1 Å². The van der Waals surface area contributed by atoms with Crippen molar-refractivity contribution in [2.45, 2.75) is 12.6 Å². The highest BCUT2D eigenvalue weighted by Gasteiger charge is 2.46. The first-order chi connectivity index (χ1) is 19.3. The summed E-state index contributed by atoms with van der Waals surface area (Å²) in [5, 5.41) is 1.10. The van der Waals surface area contributed by atoms with Crippen LogP contribution in [0.25, 0.3) is 5.52 Å². The van der Waals surface area contributed by atoms with E-state index in [2.05, 4.69) is 9.82 Å². The number of nitrogens with one attached hydrogen (secondary N) is 1. The van der Waals surface area contributed by atoms with E-state index in [0.29, 0.717) is 11.3 Å². The number of amides is 2. The SMILES string of the molecule is O=C(c1cc(Cc2c[nH]c(=O)c3cc(Cl)c(Cl)n23)ccc1F)N1CCN(C(=O)C2CN(OC(=O)C(F)(F)F)C2)CC1. The summed E-state index contributed by atoms with van der Waals surface area (Å²) >= 11 is 12.4. The number of hydrogen-bond acceptors (Lipinski definition) is 6. The molecule has 1 N–H and O–H groups in total. The molecular formula is C25H21Cl2F4N5O5. The molecule has 2 aliphatic heterocycles. The van der Waals surface area contributed by atoms with Crippen LogP contribution in [0, 0.1) is 11.7 Å². The summed E-state index contributed by atoms with van der Waals surface area (Å²) in [4.78, 5) is 58.6. The molecule has 2 aliphatic rings. The van der Waals surface area contributed by atoms with Crippen molar-refractivity contribution in [1.29, 1.82) is 0 Å². The van der Waals surface area contributed by atoms with Crippen molar-refractivity contribution in [3.05, 3.63) is 73.6 Å². The van der Waals surface area contributed by atoms with Gasteiger partial charge in [0.25, 0.3) is 11.5 Å². The number of carbonyl (C=O) groups excluding carboxylic acids is 3. The zero-order valence-corrected chi connectivity index (χ0v) is 22.5. The maximum absolute atomic E-state index is 14.7. The molecule has 1 aromatic carbocycles. The lowest BCUT2D eigenvalue weighted by atomic mass is 10.0. The minimum Gasteiger partial charge on any atom is -0.361 e. The van der Waals surface area contributed by atoms with Crippen LogP contribution in [0.3, 0.4) is 0 Å². The molecule has 0 radical (unpaired) electrons. The number of carbonyl (C=O) groups is 3. The highest BCUT2D eigenvalue weighted by molar-refractivity contribution is 6.42. The Labute approximate surface area is 238 Å². The Bertz CT molecular complexity index is 1590. The predicted octanol–water partition coefficient (Wildman–Crippen LogP) is 2.90. The zero-order valence-electron chi connectivity index (χ0n) is 21.0.